The van der Waals surface area contributed by atoms with Gasteiger partial charge < -0.3 is 14.4 Å². The van der Waals surface area contributed by atoms with Crippen LogP contribution in [0.1, 0.15) is 43.4 Å². The van der Waals surface area contributed by atoms with Gasteiger partial charge in [0.25, 0.3) is 0 Å². The molecule has 0 aliphatic carbocycles. The van der Waals surface area contributed by atoms with Crippen LogP contribution in [-0.4, -0.2) is 44.9 Å². The molecule has 0 unspecified atom stereocenters. The summed E-state index contributed by atoms with van der Waals surface area (Å²) in [5, 5.41) is 0. The van der Waals surface area contributed by atoms with Gasteiger partial charge in [-0.2, -0.15) is 4.31 Å². The average Bonchev–Trinajstić information content (AvgIpc) is 3.29. The van der Waals surface area contributed by atoms with Crippen molar-refractivity contribution >= 4 is 21.6 Å². The third kappa shape index (κ3) is 3.57. The van der Waals surface area contributed by atoms with Crippen LogP contribution in [0.3, 0.4) is 0 Å². The minimum atomic E-state index is -3.67. The van der Waals surface area contributed by atoms with E-state index in [2.05, 4.69) is 0 Å². The van der Waals surface area contributed by atoms with Crippen LogP contribution >= 0.6 is 0 Å². The van der Waals surface area contributed by atoms with Crippen molar-refractivity contribution in [3.05, 3.63) is 47.5 Å². The monoisotopic (exact) mass is 442 g/mol. The normalized spacial score (nSPS) is 21.1. The molecule has 3 heterocycles. The number of sulfonamides is 1. The molecule has 1 fully saturated rings. The van der Waals surface area contributed by atoms with Gasteiger partial charge in [-0.3, -0.25) is 4.79 Å². The first-order chi connectivity index (χ1) is 14.9. The summed E-state index contributed by atoms with van der Waals surface area (Å²) in [5.74, 6) is 1.35. The summed E-state index contributed by atoms with van der Waals surface area (Å²) in [6.45, 7) is 3.72. The van der Waals surface area contributed by atoms with Crippen LogP contribution < -0.4 is 14.4 Å². The maximum Gasteiger partial charge on any atom is 0.243 e. The van der Waals surface area contributed by atoms with Crippen LogP contribution in [0.2, 0.25) is 0 Å². The van der Waals surface area contributed by atoms with Gasteiger partial charge >= 0.3 is 0 Å². The number of aryl methyl sites for hydroxylation is 1. The highest BCUT2D eigenvalue weighted by Gasteiger charge is 2.37. The molecule has 31 heavy (non-hydrogen) atoms. The Bertz CT molecular complexity index is 1130. The summed E-state index contributed by atoms with van der Waals surface area (Å²) in [4.78, 5) is 14.0. The summed E-state index contributed by atoms with van der Waals surface area (Å²) in [6, 6.07) is 10.6. The lowest BCUT2D eigenvalue weighted by Gasteiger charge is -2.30. The Morgan fingerprint density at radius 1 is 1.00 bits per heavy atom. The molecule has 0 N–H and O–H groups in total. The number of rotatable bonds is 3. The van der Waals surface area contributed by atoms with Gasteiger partial charge in [0.1, 0.15) is 13.2 Å². The number of ether oxygens (including phenoxy) is 2. The van der Waals surface area contributed by atoms with E-state index < -0.39 is 10.0 Å². The van der Waals surface area contributed by atoms with E-state index in [-0.39, 0.29) is 11.9 Å². The van der Waals surface area contributed by atoms with Crippen molar-refractivity contribution in [3.63, 3.8) is 0 Å². The number of nitrogens with zero attached hydrogens (tertiary/aromatic N) is 2. The molecule has 0 spiro atoms. The third-order valence-corrected chi connectivity index (χ3v) is 8.22. The number of anilines is 1. The van der Waals surface area contributed by atoms with Gasteiger partial charge in [-0.1, -0.05) is 6.07 Å². The van der Waals surface area contributed by atoms with Gasteiger partial charge in [0.2, 0.25) is 15.9 Å². The van der Waals surface area contributed by atoms with Crippen LogP contribution in [0.15, 0.2) is 41.3 Å². The van der Waals surface area contributed by atoms with Crippen molar-refractivity contribution in [2.75, 3.05) is 31.2 Å². The second kappa shape index (κ2) is 7.84. The topological polar surface area (TPSA) is 76.2 Å². The first kappa shape index (κ1) is 20.3. The van der Waals surface area contributed by atoms with Crippen molar-refractivity contribution in [1.82, 2.24) is 4.31 Å². The van der Waals surface area contributed by atoms with E-state index in [4.69, 9.17) is 9.47 Å². The molecule has 0 aromatic heterocycles. The molecule has 1 atom stereocenters. The number of hydrogen-bond acceptors (Lipinski definition) is 5. The Balaban J connectivity index is 1.47. The zero-order valence-corrected chi connectivity index (χ0v) is 18.4. The summed E-state index contributed by atoms with van der Waals surface area (Å²) < 4.78 is 40.1. The Morgan fingerprint density at radius 3 is 2.61 bits per heavy atom. The Kier molecular flexibility index (Phi) is 5.14. The van der Waals surface area contributed by atoms with Crippen LogP contribution in [0.25, 0.3) is 0 Å². The van der Waals surface area contributed by atoms with E-state index in [0.29, 0.717) is 42.7 Å². The molecule has 7 nitrogen and oxygen atoms in total. The van der Waals surface area contributed by atoms with Gasteiger partial charge in [0.05, 0.1) is 10.9 Å². The molecule has 0 saturated carbocycles. The molecule has 5 rings (SSSR count). The Labute approximate surface area is 182 Å². The zero-order chi connectivity index (χ0) is 21.6. The van der Waals surface area contributed by atoms with E-state index in [0.717, 1.165) is 42.5 Å². The fourth-order valence-corrected chi connectivity index (χ4v) is 6.56. The van der Waals surface area contributed by atoms with E-state index in [1.807, 2.05) is 18.2 Å². The number of carbonyl (C=O) groups excluding carboxylic acids is 1. The van der Waals surface area contributed by atoms with Crippen molar-refractivity contribution in [2.24, 2.45) is 0 Å². The van der Waals surface area contributed by atoms with Gasteiger partial charge in [-0.05, 0) is 67.1 Å². The van der Waals surface area contributed by atoms with E-state index in [1.54, 1.807) is 34.3 Å². The highest BCUT2D eigenvalue weighted by atomic mass is 32.2. The van der Waals surface area contributed by atoms with Crippen molar-refractivity contribution in [2.45, 2.75) is 43.5 Å². The second-order valence-electron chi connectivity index (χ2n) is 8.24. The molecular weight excluding hydrogens is 416 g/mol. The van der Waals surface area contributed by atoms with Gasteiger partial charge in [0.15, 0.2) is 11.5 Å². The minimum Gasteiger partial charge on any atom is -0.486 e. The molecule has 2 aromatic carbocycles. The van der Waals surface area contributed by atoms with Gasteiger partial charge in [-0.15, -0.1) is 0 Å². The summed E-state index contributed by atoms with van der Waals surface area (Å²) in [6.07, 6.45) is 3.18. The standard InChI is InChI=1S/C23H26N2O5S/c1-16(26)24-10-2-4-17-14-19(7-8-20(17)24)31(27,28)25-11-3-5-21(25)18-6-9-22-23(15-18)30-13-12-29-22/h6-9,14-15,21H,2-5,10-13H2,1H3/t21-/m1/s1. The lowest BCUT2D eigenvalue weighted by Crippen LogP contribution is -2.34. The van der Waals surface area contributed by atoms with Crippen molar-refractivity contribution in [1.29, 1.82) is 0 Å². The SMILES string of the molecule is CC(=O)N1CCCc2cc(S(=O)(=O)N3CCC[C@@H]3c3ccc4c(c3)OCCO4)ccc21. The largest absolute Gasteiger partial charge is 0.486 e. The molecule has 3 aliphatic heterocycles. The number of hydrogen-bond donors (Lipinski definition) is 0. The summed E-state index contributed by atoms with van der Waals surface area (Å²) in [5.41, 5.74) is 2.66. The molecule has 164 valence electrons. The molecule has 2 aromatic rings. The predicted octanol–water partition coefficient (Wildman–Crippen LogP) is 3.28. The van der Waals surface area contributed by atoms with Crippen LogP contribution in [0.5, 0.6) is 11.5 Å². The predicted molar refractivity (Wildman–Crippen MR) is 116 cm³/mol. The van der Waals surface area contributed by atoms with E-state index >= 15 is 0 Å². The van der Waals surface area contributed by atoms with Gasteiger partial charge in [-0.25, -0.2) is 8.42 Å². The fourth-order valence-electron chi connectivity index (χ4n) is 4.82. The lowest BCUT2D eigenvalue weighted by molar-refractivity contribution is -0.116. The molecule has 1 saturated heterocycles. The number of amides is 1. The van der Waals surface area contributed by atoms with Crippen molar-refractivity contribution in [3.8, 4) is 11.5 Å². The van der Waals surface area contributed by atoms with Crippen molar-refractivity contribution < 1.29 is 22.7 Å². The summed E-state index contributed by atoms with van der Waals surface area (Å²) in [7, 11) is -3.67. The number of fused-ring (bicyclic) bond motifs is 2. The van der Waals surface area contributed by atoms with E-state index in [1.165, 1.54) is 0 Å². The molecular formula is C23H26N2O5S. The highest BCUT2D eigenvalue weighted by Crippen LogP contribution is 2.41. The lowest BCUT2D eigenvalue weighted by atomic mass is 10.0. The Morgan fingerprint density at radius 2 is 1.81 bits per heavy atom. The second-order valence-corrected chi connectivity index (χ2v) is 10.1. The molecule has 0 radical (unpaired) electrons. The highest BCUT2D eigenvalue weighted by molar-refractivity contribution is 7.89. The first-order valence-electron chi connectivity index (χ1n) is 10.8. The van der Waals surface area contributed by atoms with Crippen LogP contribution in [0, 0.1) is 0 Å². The molecule has 8 heteroatoms. The zero-order valence-electron chi connectivity index (χ0n) is 17.5. The smallest absolute Gasteiger partial charge is 0.243 e. The number of benzene rings is 2. The molecule has 0 bridgehead atoms. The average molecular weight is 443 g/mol. The molecule has 1 amide bonds. The Hall–Kier alpha value is -2.58. The van der Waals surface area contributed by atoms with Crippen LogP contribution in [-0.2, 0) is 21.2 Å². The minimum absolute atomic E-state index is 0.0187. The van der Waals surface area contributed by atoms with E-state index in [9.17, 15) is 13.2 Å². The first-order valence-corrected chi connectivity index (χ1v) is 12.2. The quantitative estimate of drug-likeness (QED) is 0.729. The molecule has 3 aliphatic rings. The maximum atomic E-state index is 13.6. The van der Waals surface area contributed by atoms with Crippen LogP contribution in [0.4, 0.5) is 5.69 Å². The third-order valence-electron chi connectivity index (χ3n) is 6.31. The van der Waals surface area contributed by atoms with Gasteiger partial charge in [0, 0.05) is 25.7 Å². The fraction of sp³-hybridized carbons (Fsp3) is 0.435. The summed E-state index contributed by atoms with van der Waals surface area (Å²) >= 11 is 0. The maximum absolute atomic E-state index is 13.6. The number of carbonyl (C=O) groups is 1.